The molecular formula is C28H37F2N3O2. The van der Waals surface area contributed by atoms with Crippen LogP contribution in [-0.4, -0.2) is 41.5 Å². The Morgan fingerprint density at radius 1 is 1.00 bits per heavy atom. The number of anilines is 2. The van der Waals surface area contributed by atoms with Gasteiger partial charge in [-0.15, -0.1) is 0 Å². The summed E-state index contributed by atoms with van der Waals surface area (Å²) in [5, 5.41) is 0. The molecule has 1 amide bonds. The van der Waals surface area contributed by atoms with Crippen LogP contribution >= 0.6 is 0 Å². The molecule has 0 N–H and O–H groups in total. The molecule has 0 unspecified atom stereocenters. The summed E-state index contributed by atoms with van der Waals surface area (Å²) in [5.41, 5.74) is 3.33. The van der Waals surface area contributed by atoms with E-state index >= 15 is 0 Å². The molecule has 1 aromatic carbocycles. The van der Waals surface area contributed by atoms with E-state index in [9.17, 15) is 13.6 Å². The van der Waals surface area contributed by atoms with Crippen LogP contribution < -0.4 is 9.64 Å². The summed E-state index contributed by atoms with van der Waals surface area (Å²) in [7, 11) is 0. The second-order valence-corrected chi connectivity index (χ2v) is 9.49. The summed E-state index contributed by atoms with van der Waals surface area (Å²) in [6.07, 6.45) is 12.3. The molecule has 1 aliphatic heterocycles. The Morgan fingerprint density at radius 3 is 2.20 bits per heavy atom. The van der Waals surface area contributed by atoms with Crippen molar-refractivity contribution < 1.29 is 18.3 Å². The van der Waals surface area contributed by atoms with Crippen molar-refractivity contribution in [1.82, 2.24) is 9.88 Å². The SMILES string of the molecule is CC.O=C(C1CCC1)N1CCC(N(c2ccc(OC(F)F)cc2)c2cnccc2C2CCC2)CC1. The quantitative estimate of drug-likeness (QED) is 0.428. The first-order valence-electron chi connectivity index (χ1n) is 13.2. The zero-order valence-electron chi connectivity index (χ0n) is 20.8. The molecule has 0 bridgehead atoms. The molecule has 7 heteroatoms. The van der Waals surface area contributed by atoms with Gasteiger partial charge in [0.05, 0.1) is 11.9 Å². The molecule has 1 saturated heterocycles. The average Bonchev–Trinajstić information content (AvgIpc) is 2.81. The van der Waals surface area contributed by atoms with Gasteiger partial charge in [0.25, 0.3) is 0 Å². The maximum Gasteiger partial charge on any atom is 0.387 e. The summed E-state index contributed by atoms with van der Waals surface area (Å²) in [5.74, 6) is 1.23. The van der Waals surface area contributed by atoms with Gasteiger partial charge in [-0.25, -0.2) is 0 Å². The molecule has 2 aliphatic carbocycles. The maximum atomic E-state index is 12.7. The number of benzene rings is 1. The fourth-order valence-electron chi connectivity index (χ4n) is 5.26. The monoisotopic (exact) mass is 485 g/mol. The van der Waals surface area contributed by atoms with Crippen molar-refractivity contribution >= 4 is 17.3 Å². The van der Waals surface area contributed by atoms with Gasteiger partial charge in [-0.05, 0) is 80.3 Å². The lowest BCUT2D eigenvalue weighted by atomic mass is 9.79. The molecule has 35 heavy (non-hydrogen) atoms. The third-order valence-electron chi connectivity index (χ3n) is 7.57. The summed E-state index contributed by atoms with van der Waals surface area (Å²) in [6.45, 7) is 2.66. The normalized spacial score (nSPS) is 18.8. The van der Waals surface area contributed by atoms with Crippen LogP contribution in [0.15, 0.2) is 42.7 Å². The van der Waals surface area contributed by atoms with Crippen molar-refractivity contribution in [2.75, 3.05) is 18.0 Å². The van der Waals surface area contributed by atoms with E-state index in [1.54, 1.807) is 12.1 Å². The molecular weight excluding hydrogens is 448 g/mol. The van der Waals surface area contributed by atoms with Crippen molar-refractivity contribution in [1.29, 1.82) is 0 Å². The Balaban J connectivity index is 0.00000141. The van der Waals surface area contributed by atoms with Gasteiger partial charge in [-0.1, -0.05) is 26.7 Å². The van der Waals surface area contributed by atoms with Crippen molar-refractivity contribution in [3.05, 3.63) is 48.3 Å². The van der Waals surface area contributed by atoms with Crippen LogP contribution in [0.1, 0.15) is 76.7 Å². The van der Waals surface area contributed by atoms with Gasteiger partial charge in [-0.2, -0.15) is 8.78 Å². The van der Waals surface area contributed by atoms with E-state index in [1.165, 1.54) is 24.8 Å². The number of amides is 1. The maximum absolute atomic E-state index is 12.7. The van der Waals surface area contributed by atoms with Gasteiger partial charge in [0, 0.05) is 36.9 Å². The second kappa shape index (κ2) is 11.8. The highest BCUT2D eigenvalue weighted by Gasteiger charge is 2.35. The van der Waals surface area contributed by atoms with Gasteiger partial charge >= 0.3 is 6.61 Å². The number of ether oxygens (including phenoxy) is 1. The van der Waals surface area contributed by atoms with E-state index in [0.717, 1.165) is 56.6 Å². The second-order valence-electron chi connectivity index (χ2n) is 9.49. The molecule has 0 atom stereocenters. The lowest BCUT2D eigenvalue weighted by molar-refractivity contribution is -0.139. The average molecular weight is 486 g/mol. The molecule has 2 aromatic rings. The number of piperidine rings is 1. The number of alkyl halides is 2. The van der Waals surface area contributed by atoms with E-state index in [-0.39, 0.29) is 17.7 Å². The van der Waals surface area contributed by atoms with Gasteiger partial charge in [0.1, 0.15) is 5.75 Å². The van der Waals surface area contributed by atoms with E-state index in [2.05, 4.69) is 20.7 Å². The minimum absolute atomic E-state index is 0.153. The number of aromatic nitrogens is 1. The Labute approximate surface area is 207 Å². The molecule has 1 aromatic heterocycles. The van der Waals surface area contributed by atoms with Crippen LogP contribution in [0.3, 0.4) is 0 Å². The van der Waals surface area contributed by atoms with Gasteiger partial charge in [0.2, 0.25) is 5.91 Å². The fraction of sp³-hybridized carbons (Fsp3) is 0.571. The lowest BCUT2D eigenvalue weighted by Gasteiger charge is -2.42. The van der Waals surface area contributed by atoms with Crippen LogP contribution in [0.2, 0.25) is 0 Å². The molecule has 2 heterocycles. The number of pyridine rings is 1. The fourth-order valence-corrected chi connectivity index (χ4v) is 5.26. The van der Waals surface area contributed by atoms with E-state index in [0.29, 0.717) is 11.8 Å². The summed E-state index contributed by atoms with van der Waals surface area (Å²) < 4.78 is 29.8. The first-order chi connectivity index (χ1) is 17.1. The van der Waals surface area contributed by atoms with Crippen LogP contribution in [0.25, 0.3) is 0 Å². The van der Waals surface area contributed by atoms with Crippen LogP contribution in [0.4, 0.5) is 20.2 Å². The molecule has 5 nitrogen and oxygen atoms in total. The molecule has 2 saturated carbocycles. The Morgan fingerprint density at radius 2 is 1.66 bits per heavy atom. The topological polar surface area (TPSA) is 45.7 Å². The zero-order chi connectivity index (χ0) is 24.8. The minimum Gasteiger partial charge on any atom is -0.435 e. The molecule has 3 aliphatic rings. The predicted molar refractivity (Wildman–Crippen MR) is 134 cm³/mol. The highest BCUT2D eigenvalue weighted by molar-refractivity contribution is 5.79. The predicted octanol–water partition coefficient (Wildman–Crippen LogP) is 6.91. The number of hydrogen-bond donors (Lipinski definition) is 0. The van der Waals surface area contributed by atoms with Crippen LogP contribution in [0, 0.1) is 5.92 Å². The van der Waals surface area contributed by atoms with Gasteiger partial charge < -0.3 is 14.5 Å². The number of carbonyl (C=O) groups excluding carboxylic acids is 1. The van der Waals surface area contributed by atoms with Crippen molar-refractivity contribution in [2.45, 2.75) is 83.8 Å². The summed E-state index contributed by atoms with van der Waals surface area (Å²) in [4.78, 5) is 21.5. The van der Waals surface area contributed by atoms with Crippen molar-refractivity contribution in [2.24, 2.45) is 5.92 Å². The molecule has 3 fully saturated rings. The lowest BCUT2D eigenvalue weighted by Crippen LogP contribution is -2.48. The van der Waals surface area contributed by atoms with E-state index in [1.807, 2.05) is 43.3 Å². The third-order valence-corrected chi connectivity index (χ3v) is 7.57. The van der Waals surface area contributed by atoms with E-state index < -0.39 is 6.61 Å². The van der Waals surface area contributed by atoms with Gasteiger partial charge in [0.15, 0.2) is 0 Å². The zero-order valence-corrected chi connectivity index (χ0v) is 20.8. The smallest absolute Gasteiger partial charge is 0.387 e. The number of likely N-dealkylation sites (tertiary alicyclic amines) is 1. The Bertz CT molecular complexity index is 953. The minimum atomic E-state index is -2.84. The highest BCUT2D eigenvalue weighted by Crippen LogP contribution is 2.44. The number of hydrogen-bond acceptors (Lipinski definition) is 4. The number of halogens is 2. The van der Waals surface area contributed by atoms with Crippen molar-refractivity contribution in [3.63, 3.8) is 0 Å². The number of nitrogens with zero attached hydrogens (tertiary/aromatic N) is 3. The third kappa shape index (κ3) is 5.76. The Hall–Kier alpha value is -2.70. The molecule has 0 spiro atoms. The molecule has 0 radical (unpaired) electrons. The van der Waals surface area contributed by atoms with Crippen LogP contribution in [-0.2, 0) is 4.79 Å². The first kappa shape index (κ1) is 25.4. The largest absolute Gasteiger partial charge is 0.435 e. The molecule has 5 rings (SSSR count). The number of rotatable bonds is 7. The van der Waals surface area contributed by atoms with Crippen LogP contribution in [0.5, 0.6) is 5.75 Å². The van der Waals surface area contributed by atoms with E-state index in [4.69, 9.17) is 0 Å². The summed E-state index contributed by atoms with van der Waals surface area (Å²) >= 11 is 0. The van der Waals surface area contributed by atoms with Gasteiger partial charge in [-0.3, -0.25) is 9.78 Å². The highest BCUT2D eigenvalue weighted by atomic mass is 19.3. The molecule has 190 valence electrons. The summed E-state index contributed by atoms with van der Waals surface area (Å²) in [6, 6.07) is 9.23. The Kier molecular flexibility index (Phi) is 8.58. The standard InChI is InChI=1S/C26H31F2N3O2.C2H6/c27-26(28)33-22-9-7-20(8-10-22)31(24-17-29-14-11-23(24)18-3-1-4-18)21-12-15-30(16-13-21)25(32)19-5-2-6-19;1-2/h7-11,14,17-19,21,26H,1-6,12-13,15-16H2;1-2H3. The first-order valence-corrected chi connectivity index (χ1v) is 13.2. The number of carbonyl (C=O) groups is 1. The van der Waals surface area contributed by atoms with Crippen molar-refractivity contribution in [3.8, 4) is 5.75 Å².